The third-order valence-electron chi connectivity index (χ3n) is 6.97. The molecular weight excluding hydrogens is 452 g/mol. The van der Waals surface area contributed by atoms with Crippen LogP contribution in [0.1, 0.15) is 45.4 Å². The van der Waals surface area contributed by atoms with Crippen LogP contribution in [0.25, 0.3) is 11.4 Å². The van der Waals surface area contributed by atoms with E-state index in [0.717, 1.165) is 82.8 Å². The zero-order valence-electron chi connectivity index (χ0n) is 20.3. The summed E-state index contributed by atoms with van der Waals surface area (Å²) in [5.74, 6) is 0.602. The van der Waals surface area contributed by atoms with Gasteiger partial charge in [0.15, 0.2) is 0 Å². The Labute approximate surface area is 207 Å². The molecule has 8 nitrogen and oxygen atoms in total. The summed E-state index contributed by atoms with van der Waals surface area (Å²) in [6, 6.07) is 4.91. The maximum absolute atomic E-state index is 6.48. The number of rotatable bonds is 10. The second-order valence-electron chi connectivity index (χ2n) is 9.74. The van der Waals surface area contributed by atoms with Gasteiger partial charge in [-0.3, -0.25) is 4.98 Å². The number of aromatic nitrogens is 3. The van der Waals surface area contributed by atoms with Crippen molar-refractivity contribution in [3.8, 4) is 11.4 Å². The zero-order valence-corrected chi connectivity index (χ0v) is 21.0. The average Bonchev–Trinajstić information content (AvgIpc) is 2.86. The summed E-state index contributed by atoms with van der Waals surface area (Å²) < 4.78 is 10.6. The fourth-order valence-corrected chi connectivity index (χ4v) is 4.82. The van der Waals surface area contributed by atoms with Crippen molar-refractivity contribution in [2.45, 2.75) is 57.5 Å². The topological polar surface area (TPSA) is 93.2 Å². The summed E-state index contributed by atoms with van der Waals surface area (Å²) in [4.78, 5) is 13.7. The number of nitrogens with zero attached hydrogens (tertiary/aromatic N) is 3. The van der Waals surface area contributed by atoms with Gasteiger partial charge in [0.2, 0.25) is 5.95 Å². The van der Waals surface area contributed by atoms with Crippen molar-refractivity contribution in [1.29, 1.82) is 0 Å². The van der Waals surface area contributed by atoms with Crippen LogP contribution in [-0.4, -0.2) is 67.1 Å². The molecule has 3 heterocycles. The molecule has 0 aromatic carbocycles. The highest BCUT2D eigenvalue weighted by Crippen LogP contribution is 2.31. The van der Waals surface area contributed by atoms with Gasteiger partial charge in [0, 0.05) is 57.4 Å². The number of hydrogen-bond acceptors (Lipinski definition) is 8. The Morgan fingerprint density at radius 2 is 1.91 bits per heavy atom. The maximum atomic E-state index is 6.48. The molecule has 2 fully saturated rings. The molecule has 2 aliphatic rings. The van der Waals surface area contributed by atoms with Crippen LogP contribution in [0.4, 0.5) is 11.6 Å². The quantitative estimate of drug-likeness (QED) is 0.424. The lowest BCUT2D eigenvalue weighted by molar-refractivity contribution is 0.0300. The molecule has 9 heteroatoms. The van der Waals surface area contributed by atoms with Crippen LogP contribution in [0, 0.1) is 5.41 Å². The van der Waals surface area contributed by atoms with E-state index in [9.17, 15) is 0 Å². The first kappa shape index (κ1) is 25.1. The van der Waals surface area contributed by atoms with Crippen LogP contribution in [0.5, 0.6) is 0 Å². The standard InChI is InChI=1S/C25H37ClN6O2/c1-25(8-12-34-13-9-25)17-30-20-7-10-28-22(15-20)23-21(26)16-29-24(32-23)31-19-5-3-18(4-6-19)27-11-14-33-2/h7,10,15-16,18-19,27H,3-6,8-9,11-14,17H2,1-2H3,(H,28,30)(H,29,31,32). The van der Waals surface area contributed by atoms with Crippen LogP contribution < -0.4 is 16.0 Å². The molecule has 0 amide bonds. The van der Waals surface area contributed by atoms with Crippen molar-refractivity contribution in [2.75, 3.05) is 50.7 Å². The Morgan fingerprint density at radius 3 is 2.68 bits per heavy atom. The molecule has 4 rings (SSSR count). The van der Waals surface area contributed by atoms with Crippen molar-refractivity contribution in [2.24, 2.45) is 5.41 Å². The zero-order chi connectivity index (χ0) is 23.8. The predicted molar refractivity (Wildman–Crippen MR) is 136 cm³/mol. The first-order chi connectivity index (χ1) is 16.5. The van der Waals surface area contributed by atoms with Crippen molar-refractivity contribution < 1.29 is 9.47 Å². The summed E-state index contributed by atoms with van der Waals surface area (Å²) in [6.07, 6.45) is 10.00. The highest BCUT2D eigenvalue weighted by molar-refractivity contribution is 6.32. The van der Waals surface area contributed by atoms with Crippen LogP contribution in [0.15, 0.2) is 24.5 Å². The van der Waals surface area contributed by atoms with Gasteiger partial charge in [0.05, 0.1) is 23.5 Å². The van der Waals surface area contributed by atoms with Crippen molar-refractivity contribution >= 4 is 23.2 Å². The molecule has 3 N–H and O–H groups in total. The minimum absolute atomic E-state index is 0.240. The smallest absolute Gasteiger partial charge is 0.223 e. The Bertz CT molecular complexity index is 916. The van der Waals surface area contributed by atoms with E-state index in [0.29, 0.717) is 28.7 Å². The molecular formula is C25H37ClN6O2. The SMILES string of the molecule is COCCNC1CCC(Nc2ncc(Cl)c(-c3cc(NCC4(C)CCOCC4)ccn3)n2)CC1. The summed E-state index contributed by atoms with van der Waals surface area (Å²) in [5, 5.41) is 11.1. The van der Waals surface area contributed by atoms with E-state index in [1.807, 2.05) is 12.1 Å². The monoisotopic (exact) mass is 488 g/mol. The van der Waals surface area contributed by atoms with E-state index in [4.69, 9.17) is 26.1 Å². The van der Waals surface area contributed by atoms with E-state index in [1.54, 1.807) is 19.5 Å². The molecule has 0 spiro atoms. The van der Waals surface area contributed by atoms with Crippen LogP contribution in [0.3, 0.4) is 0 Å². The molecule has 0 unspecified atom stereocenters. The molecule has 2 aromatic rings. The molecule has 34 heavy (non-hydrogen) atoms. The lowest BCUT2D eigenvalue weighted by Crippen LogP contribution is -2.38. The van der Waals surface area contributed by atoms with Gasteiger partial charge in [0.1, 0.15) is 5.69 Å². The summed E-state index contributed by atoms with van der Waals surface area (Å²) in [5.41, 5.74) is 2.64. The summed E-state index contributed by atoms with van der Waals surface area (Å²) in [7, 11) is 1.73. The minimum atomic E-state index is 0.240. The van der Waals surface area contributed by atoms with Crippen molar-refractivity contribution in [3.05, 3.63) is 29.5 Å². The van der Waals surface area contributed by atoms with Crippen LogP contribution >= 0.6 is 11.6 Å². The molecule has 1 aliphatic heterocycles. The lowest BCUT2D eigenvalue weighted by Gasteiger charge is -2.33. The number of anilines is 2. The minimum Gasteiger partial charge on any atom is -0.384 e. The van der Waals surface area contributed by atoms with Crippen LogP contribution in [0.2, 0.25) is 5.02 Å². The Morgan fingerprint density at radius 1 is 1.15 bits per heavy atom. The number of methoxy groups -OCH3 is 1. The molecule has 0 bridgehead atoms. The highest BCUT2D eigenvalue weighted by Gasteiger charge is 2.27. The number of pyridine rings is 1. The van der Waals surface area contributed by atoms with E-state index in [-0.39, 0.29) is 5.41 Å². The van der Waals surface area contributed by atoms with E-state index >= 15 is 0 Å². The predicted octanol–water partition coefficient (Wildman–Crippen LogP) is 4.38. The molecule has 0 radical (unpaired) electrons. The third kappa shape index (κ3) is 7.01. The lowest BCUT2D eigenvalue weighted by atomic mass is 9.82. The molecule has 186 valence electrons. The second-order valence-corrected chi connectivity index (χ2v) is 10.1. The van der Waals surface area contributed by atoms with Gasteiger partial charge >= 0.3 is 0 Å². The number of ether oxygens (including phenoxy) is 2. The molecule has 1 saturated carbocycles. The molecule has 1 aliphatic carbocycles. The third-order valence-corrected chi connectivity index (χ3v) is 7.24. The Balaban J connectivity index is 1.36. The number of halogens is 1. The molecule has 1 saturated heterocycles. The number of nitrogens with one attached hydrogen (secondary N) is 3. The summed E-state index contributed by atoms with van der Waals surface area (Å²) in [6.45, 7) is 6.52. The average molecular weight is 489 g/mol. The second kappa shape index (κ2) is 12.1. The van der Waals surface area contributed by atoms with Gasteiger partial charge in [-0.2, -0.15) is 0 Å². The van der Waals surface area contributed by atoms with Gasteiger partial charge in [0.25, 0.3) is 0 Å². The highest BCUT2D eigenvalue weighted by atomic mass is 35.5. The fourth-order valence-electron chi connectivity index (χ4n) is 4.63. The first-order valence-corrected chi connectivity index (χ1v) is 12.7. The fraction of sp³-hybridized carbons (Fsp3) is 0.640. The molecule has 2 aromatic heterocycles. The largest absolute Gasteiger partial charge is 0.384 e. The van der Waals surface area contributed by atoms with Gasteiger partial charge in [-0.15, -0.1) is 0 Å². The van der Waals surface area contributed by atoms with Gasteiger partial charge in [-0.05, 0) is 56.1 Å². The van der Waals surface area contributed by atoms with Crippen molar-refractivity contribution in [3.63, 3.8) is 0 Å². The Kier molecular flexibility index (Phi) is 8.94. The molecule has 0 atom stereocenters. The summed E-state index contributed by atoms with van der Waals surface area (Å²) >= 11 is 6.48. The van der Waals surface area contributed by atoms with E-state index < -0.39 is 0 Å². The maximum Gasteiger partial charge on any atom is 0.223 e. The van der Waals surface area contributed by atoms with Crippen LogP contribution in [-0.2, 0) is 9.47 Å². The van der Waals surface area contributed by atoms with Gasteiger partial charge in [-0.25, -0.2) is 9.97 Å². The van der Waals surface area contributed by atoms with Gasteiger partial charge in [-0.1, -0.05) is 18.5 Å². The van der Waals surface area contributed by atoms with E-state index in [1.165, 1.54) is 0 Å². The number of hydrogen-bond donors (Lipinski definition) is 3. The van der Waals surface area contributed by atoms with Crippen molar-refractivity contribution in [1.82, 2.24) is 20.3 Å². The first-order valence-electron chi connectivity index (χ1n) is 12.3. The van der Waals surface area contributed by atoms with E-state index in [2.05, 4.69) is 32.8 Å². The van der Waals surface area contributed by atoms with Gasteiger partial charge < -0.3 is 25.4 Å². The normalized spacial score (nSPS) is 22.3. The Hall–Kier alpha value is -2.00.